The maximum Gasteiger partial charge on any atom is 0.309 e. The van der Waals surface area contributed by atoms with Crippen molar-refractivity contribution in [3.8, 4) is 0 Å². The van der Waals surface area contributed by atoms with E-state index in [2.05, 4.69) is 41.5 Å². The zero-order chi connectivity index (χ0) is 30.6. The van der Waals surface area contributed by atoms with Crippen molar-refractivity contribution >= 4 is 11.9 Å². The topological polar surface area (TPSA) is 52.6 Å². The lowest BCUT2D eigenvalue weighted by atomic mass is 9.90. The van der Waals surface area contributed by atoms with Gasteiger partial charge >= 0.3 is 11.9 Å². The van der Waals surface area contributed by atoms with Crippen LogP contribution in [0.1, 0.15) is 189 Å². The zero-order valence-corrected chi connectivity index (χ0v) is 28.6. The van der Waals surface area contributed by atoms with Gasteiger partial charge in [-0.15, -0.1) is 0 Å². The van der Waals surface area contributed by atoms with Gasteiger partial charge < -0.3 is 9.47 Å². The van der Waals surface area contributed by atoms with Crippen LogP contribution in [0, 0.1) is 23.7 Å². The molecular formula is C37H72O4. The maximum atomic E-state index is 12.5. The zero-order valence-electron chi connectivity index (χ0n) is 28.6. The SMILES string of the molecule is CC(C)CCCCOC(=O)CCCCCCCCCCCCCCCCCC(C(=O)OCCCCC(C)C)C(C)C. The Morgan fingerprint density at radius 1 is 0.439 bits per heavy atom. The maximum absolute atomic E-state index is 12.5. The Hall–Kier alpha value is -1.06. The molecule has 0 heterocycles. The smallest absolute Gasteiger partial charge is 0.309 e. The van der Waals surface area contributed by atoms with Crippen LogP contribution in [-0.2, 0) is 19.1 Å². The van der Waals surface area contributed by atoms with Gasteiger partial charge in [0, 0.05) is 6.42 Å². The van der Waals surface area contributed by atoms with Crippen LogP contribution in [0.4, 0.5) is 0 Å². The first kappa shape index (κ1) is 39.9. The molecular weight excluding hydrogens is 508 g/mol. The number of hydrogen-bond acceptors (Lipinski definition) is 4. The Morgan fingerprint density at radius 2 is 0.805 bits per heavy atom. The van der Waals surface area contributed by atoms with Gasteiger partial charge in [-0.05, 0) is 56.3 Å². The average Bonchev–Trinajstić information content (AvgIpc) is 2.91. The van der Waals surface area contributed by atoms with Crippen molar-refractivity contribution in [1.82, 2.24) is 0 Å². The predicted molar refractivity (Wildman–Crippen MR) is 176 cm³/mol. The molecule has 244 valence electrons. The van der Waals surface area contributed by atoms with Gasteiger partial charge in [-0.3, -0.25) is 9.59 Å². The third-order valence-corrected chi connectivity index (χ3v) is 8.36. The van der Waals surface area contributed by atoms with Crippen LogP contribution in [-0.4, -0.2) is 25.2 Å². The van der Waals surface area contributed by atoms with Crippen LogP contribution in [0.5, 0.6) is 0 Å². The van der Waals surface area contributed by atoms with E-state index >= 15 is 0 Å². The molecule has 0 bridgehead atoms. The minimum Gasteiger partial charge on any atom is -0.466 e. The number of unbranched alkanes of at least 4 members (excludes halogenated alkanes) is 16. The third-order valence-electron chi connectivity index (χ3n) is 8.36. The first-order valence-corrected chi connectivity index (χ1v) is 18.1. The van der Waals surface area contributed by atoms with Gasteiger partial charge in [0.15, 0.2) is 0 Å². The van der Waals surface area contributed by atoms with Crippen molar-refractivity contribution < 1.29 is 19.1 Å². The van der Waals surface area contributed by atoms with Crippen LogP contribution in [0.3, 0.4) is 0 Å². The molecule has 0 fully saturated rings. The Kier molecular flexibility index (Phi) is 28.3. The van der Waals surface area contributed by atoms with Gasteiger partial charge in [0.05, 0.1) is 19.1 Å². The number of carbonyl (C=O) groups is 2. The van der Waals surface area contributed by atoms with E-state index < -0.39 is 0 Å². The van der Waals surface area contributed by atoms with Gasteiger partial charge in [-0.1, -0.05) is 144 Å². The van der Waals surface area contributed by atoms with Crippen LogP contribution in [0.25, 0.3) is 0 Å². The highest BCUT2D eigenvalue weighted by Crippen LogP contribution is 2.22. The molecule has 41 heavy (non-hydrogen) atoms. The average molecular weight is 581 g/mol. The summed E-state index contributed by atoms with van der Waals surface area (Å²) < 4.78 is 10.9. The van der Waals surface area contributed by atoms with Gasteiger partial charge in [0.1, 0.15) is 0 Å². The Bertz CT molecular complexity index is 583. The number of ether oxygens (including phenoxy) is 2. The standard InChI is InChI=1S/C37H72O4/c1-32(2)26-22-24-30-40-36(38)29-21-19-17-15-13-11-9-7-8-10-12-14-16-18-20-28-35(34(5)6)37(39)41-31-25-23-27-33(3)4/h32-35H,7-31H2,1-6H3. The van der Waals surface area contributed by atoms with Crippen molar-refractivity contribution in [2.75, 3.05) is 13.2 Å². The molecule has 0 rings (SSSR count). The molecule has 0 aliphatic carbocycles. The molecule has 0 N–H and O–H groups in total. The monoisotopic (exact) mass is 581 g/mol. The van der Waals surface area contributed by atoms with E-state index in [0.29, 0.717) is 25.6 Å². The summed E-state index contributed by atoms with van der Waals surface area (Å²) in [5.74, 6) is 1.92. The summed E-state index contributed by atoms with van der Waals surface area (Å²) in [6.07, 6.45) is 27.5. The Labute approximate surface area is 256 Å². The van der Waals surface area contributed by atoms with Gasteiger partial charge in [0.2, 0.25) is 0 Å². The summed E-state index contributed by atoms with van der Waals surface area (Å²) in [5.41, 5.74) is 0. The van der Waals surface area contributed by atoms with E-state index in [9.17, 15) is 9.59 Å². The summed E-state index contributed by atoms with van der Waals surface area (Å²) in [4.78, 5) is 24.3. The highest BCUT2D eigenvalue weighted by atomic mass is 16.5. The van der Waals surface area contributed by atoms with E-state index in [0.717, 1.165) is 63.2 Å². The molecule has 0 aliphatic heterocycles. The molecule has 1 atom stereocenters. The summed E-state index contributed by atoms with van der Waals surface area (Å²) in [5, 5.41) is 0. The number of carbonyl (C=O) groups excluding carboxylic acids is 2. The lowest BCUT2D eigenvalue weighted by Gasteiger charge is -2.19. The quantitative estimate of drug-likeness (QED) is 0.0626. The minimum absolute atomic E-state index is 0.00511. The fraction of sp³-hybridized carbons (Fsp3) is 0.946. The summed E-state index contributed by atoms with van der Waals surface area (Å²) in [7, 11) is 0. The first-order chi connectivity index (χ1) is 19.7. The van der Waals surface area contributed by atoms with E-state index in [1.54, 1.807) is 0 Å². The second kappa shape index (κ2) is 29.0. The molecule has 0 amide bonds. The van der Waals surface area contributed by atoms with Gasteiger partial charge in [0.25, 0.3) is 0 Å². The molecule has 1 unspecified atom stereocenters. The minimum atomic E-state index is -0.00511. The molecule has 0 spiro atoms. The summed E-state index contributed by atoms with van der Waals surface area (Å²) >= 11 is 0. The Morgan fingerprint density at radius 3 is 1.22 bits per heavy atom. The molecule has 0 aromatic rings. The predicted octanol–water partition coefficient (Wildman–Crippen LogP) is 11.6. The molecule has 0 radical (unpaired) electrons. The van der Waals surface area contributed by atoms with Crippen LogP contribution >= 0.6 is 0 Å². The van der Waals surface area contributed by atoms with Crippen molar-refractivity contribution in [3.63, 3.8) is 0 Å². The third kappa shape index (κ3) is 28.8. The van der Waals surface area contributed by atoms with Crippen LogP contribution < -0.4 is 0 Å². The molecule has 4 nitrogen and oxygen atoms in total. The molecule has 0 aliphatic rings. The first-order valence-electron chi connectivity index (χ1n) is 18.1. The normalized spacial score (nSPS) is 12.4. The van der Waals surface area contributed by atoms with Crippen molar-refractivity contribution in [3.05, 3.63) is 0 Å². The van der Waals surface area contributed by atoms with Crippen LogP contribution in [0.15, 0.2) is 0 Å². The highest BCUT2D eigenvalue weighted by molar-refractivity contribution is 5.72. The fourth-order valence-electron chi connectivity index (χ4n) is 5.50. The number of esters is 2. The lowest BCUT2D eigenvalue weighted by molar-refractivity contribution is -0.150. The second-order valence-electron chi connectivity index (χ2n) is 13.9. The second-order valence-corrected chi connectivity index (χ2v) is 13.9. The van der Waals surface area contributed by atoms with Crippen LogP contribution in [0.2, 0.25) is 0 Å². The van der Waals surface area contributed by atoms with Crippen molar-refractivity contribution in [2.45, 2.75) is 189 Å². The van der Waals surface area contributed by atoms with E-state index in [1.807, 2.05) is 0 Å². The van der Waals surface area contributed by atoms with E-state index in [-0.39, 0.29) is 17.9 Å². The summed E-state index contributed by atoms with van der Waals surface area (Å²) in [6.45, 7) is 14.5. The van der Waals surface area contributed by atoms with Crippen molar-refractivity contribution in [2.24, 2.45) is 23.7 Å². The van der Waals surface area contributed by atoms with E-state index in [1.165, 1.54) is 89.9 Å². The molecule has 0 aromatic heterocycles. The molecule has 0 saturated heterocycles. The lowest BCUT2D eigenvalue weighted by Crippen LogP contribution is -2.23. The fourth-order valence-corrected chi connectivity index (χ4v) is 5.50. The van der Waals surface area contributed by atoms with Crippen molar-refractivity contribution in [1.29, 1.82) is 0 Å². The summed E-state index contributed by atoms with van der Waals surface area (Å²) in [6, 6.07) is 0. The largest absolute Gasteiger partial charge is 0.466 e. The molecule has 0 saturated carbocycles. The molecule has 4 heteroatoms. The highest BCUT2D eigenvalue weighted by Gasteiger charge is 2.23. The number of hydrogen-bond donors (Lipinski definition) is 0. The van der Waals surface area contributed by atoms with Gasteiger partial charge in [-0.2, -0.15) is 0 Å². The number of rotatable bonds is 30. The van der Waals surface area contributed by atoms with E-state index in [4.69, 9.17) is 9.47 Å². The van der Waals surface area contributed by atoms with Gasteiger partial charge in [-0.25, -0.2) is 0 Å². The molecule has 0 aromatic carbocycles. The Balaban J connectivity index is 3.45.